The van der Waals surface area contributed by atoms with E-state index in [1.807, 2.05) is 25.7 Å². The van der Waals surface area contributed by atoms with E-state index in [2.05, 4.69) is 17.1 Å². The van der Waals surface area contributed by atoms with Crippen molar-refractivity contribution in [2.24, 2.45) is 5.92 Å². The quantitative estimate of drug-likeness (QED) is 0.846. The molecule has 2 aliphatic rings. The fourth-order valence-corrected chi connectivity index (χ4v) is 3.48. The van der Waals surface area contributed by atoms with E-state index >= 15 is 0 Å². The van der Waals surface area contributed by atoms with Gasteiger partial charge in [-0.1, -0.05) is 6.92 Å². The molecule has 2 amide bonds. The highest BCUT2D eigenvalue weighted by Crippen LogP contribution is 2.25. The lowest BCUT2D eigenvalue weighted by Gasteiger charge is -2.32. The predicted octanol–water partition coefficient (Wildman–Crippen LogP) is 2.58. The second-order valence-corrected chi connectivity index (χ2v) is 8.18. The van der Waals surface area contributed by atoms with Crippen LogP contribution in [0, 0.1) is 5.92 Å². The van der Waals surface area contributed by atoms with Gasteiger partial charge in [0.15, 0.2) is 5.69 Å². The number of fused-ring (bicyclic) bond motifs is 1. The van der Waals surface area contributed by atoms with Crippen LogP contribution >= 0.6 is 0 Å². The van der Waals surface area contributed by atoms with Crippen molar-refractivity contribution in [1.29, 1.82) is 0 Å². The molecule has 1 fully saturated rings. The zero-order valence-electron chi connectivity index (χ0n) is 15.6. The smallest absolute Gasteiger partial charge is 0.410 e. The average Bonchev–Trinajstić information content (AvgIpc) is 2.95. The van der Waals surface area contributed by atoms with Gasteiger partial charge in [0.1, 0.15) is 5.60 Å². The van der Waals surface area contributed by atoms with Gasteiger partial charge >= 0.3 is 6.09 Å². The number of amides is 2. The number of piperidine rings is 1. The Morgan fingerprint density at radius 3 is 2.68 bits per heavy atom. The first-order chi connectivity index (χ1) is 11.7. The summed E-state index contributed by atoms with van der Waals surface area (Å²) in [7, 11) is 0. The van der Waals surface area contributed by atoms with Crippen LogP contribution < -0.4 is 0 Å². The summed E-state index contributed by atoms with van der Waals surface area (Å²) in [5, 5.41) is 7.26. The van der Waals surface area contributed by atoms with Crippen LogP contribution in [0.3, 0.4) is 0 Å². The Kier molecular flexibility index (Phi) is 4.75. The topological polar surface area (TPSA) is 78.5 Å². The first-order valence-corrected chi connectivity index (χ1v) is 9.08. The van der Waals surface area contributed by atoms with Gasteiger partial charge in [0.2, 0.25) is 0 Å². The Hall–Kier alpha value is -2.05. The molecule has 0 spiro atoms. The Labute approximate surface area is 148 Å². The molecule has 1 N–H and O–H groups in total. The molecule has 0 radical (unpaired) electrons. The number of likely N-dealkylation sites (tertiary alicyclic amines) is 1. The van der Waals surface area contributed by atoms with Gasteiger partial charge in [0.25, 0.3) is 5.91 Å². The minimum Gasteiger partial charge on any atom is -0.444 e. The monoisotopic (exact) mass is 348 g/mol. The molecule has 1 atom stereocenters. The van der Waals surface area contributed by atoms with Crippen molar-refractivity contribution in [2.75, 3.05) is 19.6 Å². The van der Waals surface area contributed by atoms with Crippen LogP contribution in [0.4, 0.5) is 4.79 Å². The molecule has 3 heterocycles. The van der Waals surface area contributed by atoms with Crippen LogP contribution in [0.1, 0.15) is 62.3 Å². The molecule has 3 rings (SSSR count). The molecular formula is C18H28N4O3. The molecule has 0 aliphatic carbocycles. The van der Waals surface area contributed by atoms with E-state index in [9.17, 15) is 9.59 Å². The van der Waals surface area contributed by atoms with Crippen molar-refractivity contribution in [3.63, 3.8) is 0 Å². The van der Waals surface area contributed by atoms with Crippen LogP contribution in [0.15, 0.2) is 0 Å². The third-order valence-corrected chi connectivity index (χ3v) is 4.73. The minimum atomic E-state index is -0.531. The molecule has 0 saturated carbocycles. The molecule has 25 heavy (non-hydrogen) atoms. The summed E-state index contributed by atoms with van der Waals surface area (Å²) in [6.45, 7) is 10.2. The molecule has 138 valence electrons. The zero-order valence-corrected chi connectivity index (χ0v) is 15.6. The van der Waals surface area contributed by atoms with Gasteiger partial charge in [-0.15, -0.1) is 0 Å². The molecule has 1 aromatic heterocycles. The number of nitrogens with one attached hydrogen (secondary N) is 1. The van der Waals surface area contributed by atoms with Crippen LogP contribution in [0.2, 0.25) is 0 Å². The van der Waals surface area contributed by atoms with Crippen LogP contribution in [0.25, 0.3) is 0 Å². The van der Waals surface area contributed by atoms with Crippen molar-refractivity contribution >= 4 is 12.0 Å². The van der Waals surface area contributed by atoms with Crippen molar-refractivity contribution in [3.8, 4) is 0 Å². The maximum atomic E-state index is 12.9. The first-order valence-electron chi connectivity index (χ1n) is 9.08. The van der Waals surface area contributed by atoms with Gasteiger partial charge in [-0.25, -0.2) is 4.79 Å². The summed E-state index contributed by atoms with van der Waals surface area (Å²) < 4.78 is 5.46. The average molecular weight is 348 g/mol. The summed E-state index contributed by atoms with van der Waals surface area (Å²) in [5.74, 6) is 0.487. The molecule has 1 aromatic rings. The summed E-state index contributed by atoms with van der Waals surface area (Å²) in [6.07, 6.45) is 2.51. The van der Waals surface area contributed by atoms with E-state index in [1.54, 1.807) is 4.90 Å². The second-order valence-electron chi connectivity index (χ2n) is 8.18. The molecular weight excluding hydrogens is 320 g/mol. The number of nitrogens with zero attached hydrogens (tertiary/aromatic N) is 3. The third-order valence-electron chi connectivity index (χ3n) is 4.73. The molecule has 1 saturated heterocycles. The van der Waals surface area contributed by atoms with Gasteiger partial charge in [0.05, 0.1) is 6.54 Å². The molecule has 0 aromatic carbocycles. The number of aromatic nitrogens is 2. The lowest BCUT2D eigenvalue weighted by atomic mass is 9.99. The predicted molar refractivity (Wildman–Crippen MR) is 93.2 cm³/mol. The van der Waals surface area contributed by atoms with E-state index in [4.69, 9.17) is 4.74 Å². The second kappa shape index (κ2) is 6.69. The normalized spacial score (nSPS) is 21.0. The minimum absolute atomic E-state index is 0.0323. The number of ether oxygens (including phenoxy) is 1. The highest BCUT2D eigenvalue weighted by molar-refractivity contribution is 5.94. The number of H-pyrrole nitrogens is 1. The van der Waals surface area contributed by atoms with E-state index in [-0.39, 0.29) is 12.0 Å². The SMILES string of the molecule is CC1CCCN(C(=O)c2n[nH]c3c2CN(C(=O)OC(C)(C)C)CC3)C1. The lowest BCUT2D eigenvalue weighted by molar-refractivity contribution is 0.0221. The highest BCUT2D eigenvalue weighted by atomic mass is 16.6. The van der Waals surface area contributed by atoms with Gasteiger partial charge in [-0.05, 0) is 39.5 Å². The lowest BCUT2D eigenvalue weighted by Crippen LogP contribution is -2.42. The van der Waals surface area contributed by atoms with Crippen LogP contribution in [0.5, 0.6) is 0 Å². The largest absolute Gasteiger partial charge is 0.444 e. The van der Waals surface area contributed by atoms with Crippen molar-refractivity contribution < 1.29 is 14.3 Å². The maximum absolute atomic E-state index is 12.9. The molecule has 7 nitrogen and oxygen atoms in total. The molecule has 1 unspecified atom stereocenters. The van der Waals surface area contributed by atoms with Crippen molar-refractivity contribution in [3.05, 3.63) is 17.0 Å². The molecule has 7 heteroatoms. The summed E-state index contributed by atoms with van der Waals surface area (Å²) in [4.78, 5) is 28.8. The van der Waals surface area contributed by atoms with Crippen molar-refractivity contribution in [1.82, 2.24) is 20.0 Å². The Morgan fingerprint density at radius 2 is 2.00 bits per heavy atom. The van der Waals surface area contributed by atoms with E-state index in [1.165, 1.54) is 0 Å². The number of carbonyl (C=O) groups is 2. The third kappa shape index (κ3) is 3.96. The number of hydrogen-bond donors (Lipinski definition) is 1. The Bertz CT molecular complexity index is 662. The van der Waals surface area contributed by atoms with E-state index in [0.717, 1.165) is 37.2 Å². The standard InChI is InChI=1S/C18H28N4O3/c1-12-6-5-8-21(10-12)16(23)15-13-11-22(9-7-14(13)19-20-15)17(24)25-18(2,3)4/h12H,5-11H2,1-4H3,(H,19,20). The Balaban J connectivity index is 1.75. The van der Waals surface area contributed by atoms with Gasteiger partial charge in [-0.3, -0.25) is 9.89 Å². The summed E-state index contributed by atoms with van der Waals surface area (Å²) in [5.41, 5.74) is 1.71. The fourth-order valence-electron chi connectivity index (χ4n) is 3.48. The number of hydrogen-bond acceptors (Lipinski definition) is 4. The molecule has 0 bridgehead atoms. The first kappa shape index (κ1) is 17.8. The van der Waals surface area contributed by atoms with Crippen LogP contribution in [-0.2, 0) is 17.7 Å². The van der Waals surface area contributed by atoms with Crippen LogP contribution in [-0.4, -0.2) is 57.2 Å². The molecule has 2 aliphatic heterocycles. The maximum Gasteiger partial charge on any atom is 0.410 e. The Morgan fingerprint density at radius 1 is 1.24 bits per heavy atom. The highest BCUT2D eigenvalue weighted by Gasteiger charge is 2.32. The van der Waals surface area contributed by atoms with E-state index < -0.39 is 5.60 Å². The number of carbonyl (C=O) groups excluding carboxylic acids is 2. The number of rotatable bonds is 1. The zero-order chi connectivity index (χ0) is 18.2. The summed E-state index contributed by atoms with van der Waals surface area (Å²) in [6, 6.07) is 0. The van der Waals surface area contributed by atoms with Gasteiger partial charge in [0, 0.05) is 37.3 Å². The van der Waals surface area contributed by atoms with Gasteiger partial charge < -0.3 is 14.5 Å². The van der Waals surface area contributed by atoms with Gasteiger partial charge in [-0.2, -0.15) is 5.10 Å². The van der Waals surface area contributed by atoms with E-state index in [0.29, 0.717) is 31.1 Å². The number of aromatic amines is 1. The summed E-state index contributed by atoms with van der Waals surface area (Å²) >= 11 is 0. The van der Waals surface area contributed by atoms with Crippen molar-refractivity contribution in [2.45, 2.75) is 59.1 Å². The fraction of sp³-hybridized carbons (Fsp3) is 0.722.